The highest BCUT2D eigenvalue weighted by molar-refractivity contribution is 6.32. The molecule has 130 valence electrons. The van der Waals surface area contributed by atoms with Gasteiger partial charge in [-0.15, -0.1) is 0 Å². The van der Waals surface area contributed by atoms with Gasteiger partial charge in [-0.25, -0.2) is 0 Å². The van der Waals surface area contributed by atoms with Gasteiger partial charge >= 0.3 is 0 Å². The SMILES string of the molecule is COc1cc(-c2noc(C3CCCCC3(C)N)n2)cc(Cl)c1OC. The average molecular weight is 352 g/mol. The van der Waals surface area contributed by atoms with E-state index in [1.165, 1.54) is 0 Å². The Morgan fingerprint density at radius 3 is 2.75 bits per heavy atom. The molecule has 0 amide bonds. The highest BCUT2D eigenvalue weighted by atomic mass is 35.5. The van der Waals surface area contributed by atoms with Crippen LogP contribution in [-0.2, 0) is 0 Å². The van der Waals surface area contributed by atoms with Crippen LogP contribution in [0, 0.1) is 0 Å². The van der Waals surface area contributed by atoms with E-state index in [4.69, 9.17) is 31.3 Å². The van der Waals surface area contributed by atoms with Crippen molar-refractivity contribution in [2.45, 2.75) is 44.1 Å². The molecule has 24 heavy (non-hydrogen) atoms. The lowest BCUT2D eigenvalue weighted by Gasteiger charge is -2.35. The van der Waals surface area contributed by atoms with Gasteiger partial charge in [-0.3, -0.25) is 0 Å². The van der Waals surface area contributed by atoms with Crippen molar-refractivity contribution >= 4 is 11.6 Å². The number of methoxy groups -OCH3 is 2. The fraction of sp³-hybridized carbons (Fsp3) is 0.529. The monoisotopic (exact) mass is 351 g/mol. The molecule has 1 heterocycles. The number of rotatable bonds is 4. The number of hydrogen-bond acceptors (Lipinski definition) is 6. The maximum absolute atomic E-state index is 6.42. The van der Waals surface area contributed by atoms with E-state index >= 15 is 0 Å². The summed E-state index contributed by atoms with van der Waals surface area (Å²) in [6.07, 6.45) is 4.17. The molecule has 0 bridgehead atoms. The van der Waals surface area contributed by atoms with E-state index in [2.05, 4.69) is 10.1 Å². The standard InChI is InChI=1S/C17H22ClN3O3/c1-17(19)7-5-4-6-11(17)16-20-15(21-24-16)10-8-12(18)14(23-3)13(9-10)22-2/h8-9,11H,4-7,19H2,1-3H3. The van der Waals surface area contributed by atoms with Crippen LogP contribution in [0.15, 0.2) is 16.7 Å². The molecule has 6 nitrogen and oxygen atoms in total. The maximum atomic E-state index is 6.42. The van der Waals surface area contributed by atoms with Crippen LogP contribution in [0.1, 0.15) is 44.4 Å². The minimum atomic E-state index is -0.322. The summed E-state index contributed by atoms with van der Waals surface area (Å²) >= 11 is 6.25. The van der Waals surface area contributed by atoms with E-state index in [-0.39, 0.29) is 11.5 Å². The summed E-state index contributed by atoms with van der Waals surface area (Å²) in [5, 5.41) is 4.53. The Labute approximate surface area is 146 Å². The molecule has 0 saturated heterocycles. The van der Waals surface area contributed by atoms with Gasteiger partial charge in [0.15, 0.2) is 11.5 Å². The first-order valence-corrected chi connectivity index (χ1v) is 8.38. The smallest absolute Gasteiger partial charge is 0.231 e. The second-order valence-corrected chi connectivity index (χ2v) is 6.86. The van der Waals surface area contributed by atoms with Crippen molar-refractivity contribution in [2.24, 2.45) is 5.73 Å². The predicted octanol–water partition coefficient (Wildman–Crippen LogP) is 3.78. The number of ether oxygens (including phenoxy) is 2. The minimum absolute atomic E-state index is 0.0723. The molecular weight excluding hydrogens is 330 g/mol. The van der Waals surface area contributed by atoms with E-state index in [0.29, 0.717) is 33.8 Å². The molecule has 1 aromatic carbocycles. The summed E-state index contributed by atoms with van der Waals surface area (Å²) in [6, 6.07) is 3.52. The summed E-state index contributed by atoms with van der Waals surface area (Å²) in [7, 11) is 3.10. The summed E-state index contributed by atoms with van der Waals surface area (Å²) in [5.41, 5.74) is 6.81. The second kappa shape index (κ2) is 6.61. The molecule has 2 aromatic rings. The van der Waals surface area contributed by atoms with Crippen LogP contribution in [0.2, 0.25) is 5.02 Å². The maximum Gasteiger partial charge on any atom is 0.231 e. The predicted molar refractivity (Wildman–Crippen MR) is 91.6 cm³/mol. The van der Waals surface area contributed by atoms with E-state index in [1.807, 2.05) is 6.92 Å². The molecule has 1 aromatic heterocycles. The van der Waals surface area contributed by atoms with E-state index in [0.717, 1.165) is 25.7 Å². The van der Waals surface area contributed by atoms with Crippen LogP contribution < -0.4 is 15.2 Å². The van der Waals surface area contributed by atoms with Gasteiger partial charge in [0.05, 0.1) is 25.2 Å². The molecule has 1 aliphatic rings. The van der Waals surface area contributed by atoms with E-state index in [9.17, 15) is 0 Å². The summed E-state index contributed by atoms with van der Waals surface area (Å²) < 4.78 is 16.1. The van der Waals surface area contributed by atoms with Crippen LogP contribution in [0.3, 0.4) is 0 Å². The van der Waals surface area contributed by atoms with Crippen molar-refractivity contribution in [3.8, 4) is 22.9 Å². The molecule has 7 heteroatoms. The van der Waals surface area contributed by atoms with Gasteiger partial charge in [0.2, 0.25) is 11.7 Å². The van der Waals surface area contributed by atoms with Crippen molar-refractivity contribution in [2.75, 3.05) is 14.2 Å². The second-order valence-electron chi connectivity index (χ2n) is 6.45. The molecular formula is C17H22ClN3O3. The lowest BCUT2D eigenvalue weighted by Crippen LogP contribution is -2.44. The molecule has 0 radical (unpaired) electrons. The molecule has 1 saturated carbocycles. The van der Waals surface area contributed by atoms with Gasteiger partial charge in [0, 0.05) is 11.1 Å². The van der Waals surface area contributed by atoms with Gasteiger partial charge in [0.25, 0.3) is 0 Å². The van der Waals surface area contributed by atoms with E-state index < -0.39 is 0 Å². The molecule has 3 rings (SSSR count). The van der Waals surface area contributed by atoms with Gasteiger partial charge < -0.3 is 19.7 Å². The van der Waals surface area contributed by atoms with Crippen LogP contribution in [-0.4, -0.2) is 29.9 Å². The Hall–Kier alpha value is -1.79. The molecule has 0 aliphatic heterocycles. The fourth-order valence-corrected chi connectivity index (χ4v) is 3.59. The third-order valence-corrected chi connectivity index (χ3v) is 4.97. The Morgan fingerprint density at radius 1 is 1.29 bits per heavy atom. The topological polar surface area (TPSA) is 83.4 Å². The molecule has 0 spiro atoms. The van der Waals surface area contributed by atoms with Crippen molar-refractivity contribution in [1.82, 2.24) is 10.1 Å². The largest absolute Gasteiger partial charge is 0.493 e. The summed E-state index contributed by atoms with van der Waals surface area (Å²) in [6.45, 7) is 2.05. The summed E-state index contributed by atoms with van der Waals surface area (Å²) in [4.78, 5) is 4.56. The van der Waals surface area contributed by atoms with Gasteiger partial charge in [-0.05, 0) is 31.9 Å². The number of hydrogen-bond donors (Lipinski definition) is 1. The number of benzene rings is 1. The van der Waals surface area contributed by atoms with Crippen LogP contribution >= 0.6 is 11.6 Å². The summed E-state index contributed by atoms with van der Waals surface area (Å²) in [5.74, 6) is 2.12. The first-order valence-electron chi connectivity index (χ1n) is 8.00. The van der Waals surface area contributed by atoms with Crippen molar-refractivity contribution in [3.05, 3.63) is 23.0 Å². The number of halogens is 1. The third kappa shape index (κ3) is 3.08. The lowest BCUT2D eigenvalue weighted by molar-refractivity contribution is 0.223. The first kappa shape index (κ1) is 17.0. The number of nitrogens with two attached hydrogens (primary N) is 1. The quantitative estimate of drug-likeness (QED) is 0.902. The van der Waals surface area contributed by atoms with Gasteiger partial charge in [0.1, 0.15) is 0 Å². The zero-order valence-corrected chi connectivity index (χ0v) is 14.9. The van der Waals surface area contributed by atoms with Gasteiger partial charge in [-0.2, -0.15) is 4.98 Å². The fourth-order valence-electron chi connectivity index (χ4n) is 3.30. The van der Waals surface area contributed by atoms with Crippen molar-refractivity contribution in [1.29, 1.82) is 0 Å². The zero-order valence-electron chi connectivity index (χ0n) is 14.1. The van der Waals surface area contributed by atoms with Gasteiger partial charge in [-0.1, -0.05) is 29.6 Å². The first-order chi connectivity index (χ1) is 11.5. The lowest BCUT2D eigenvalue weighted by atomic mass is 9.74. The Balaban J connectivity index is 1.95. The van der Waals surface area contributed by atoms with Crippen LogP contribution in [0.25, 0.3) is 11.4 Å². The van der Waals surface area contributed by atoms with Crippen molar-refractivity contribution < 1.29 is 14.0 Å². The van der Waals surface area contributed by atoms with Crippen molar-refractivity contribution in [3.63, 3.8) is 0 Å². The van der Waals surface area contributed by atoms with Crippen LogP contribution in [0.5, 0.6) is 11.5 Å². The van der Waals surface area contributed by atoms with E-state index in [1.54, 1.807) is 26.4 Å². The number of nitrogens with zero attached hydrogens (tertiary/aromatic N) is 2. The molecule has 2 N–H and O–H groups in total. The molecule has 2 atom stereocenters. The molecule has 1 aliphatic carbocycles. The zero-order chi connectivity index (χ0) is 17.3. The number of aromatic nitrogens is 2. The Morgan fingerprint density at radius 2 is 2.08 bits per heavy atom. The minimum Gasteiger partial charge on any atom is -0.493 e. The Kier molecular flexibility index (Phi) is 4.69. The highest BCUT2D eigenvalue weighted by Crippen LogP contribution is 2.41. The molecule has 1 fully saturated rings. The highest BCUT2D eigenvalue weighted by Gasteiger charge is 2.37. The average Bonchev–Trinajstić information content (AvgIpc) is 3.03. The Bertz CT molecular complexity index is 730. The normalized spacial score (nSPS) is 24.0. The molecule has 2 unspecified atom stereocenters. The third-order valence-electron chi connectivity index (χ3n) is 4.69. The van der Waals surface area contributed by atoms with Crippen LogP contribution in [0.4, 0.5) is 0 Å².